The normalized spacial score (nSPS) is 14.5. The maximum absolute atomic E-state index is 12.6. The van der Waals surface area contributed by atoms with Gasteiger partial charge in [0.05, 0.1) is 0 Å². The molecule has 0 aromatic carbocycles. The zero-order chi connectivity index (χ0) is 18.1. The van der Waals surface area contributed by atoms with E-state index in [0.717, 1.165) is 36.7 Å². The highest BCUT2D eigenvalue weighted by Gasteiger charge is 2.33. The molecule has 0 aliphatic carbocycles. The van der Waals surface area contributed by atoms with E-state index in [1.54, 1.807) is 29.3 Å². The van der Waals surface area contributed by atoms with E-state index in [4.69, 9.17) is 0 Å². The molecule has 134 valence electrons. The minimum atomic E-state index is 0.0670. The predicted molar refractivity (Wildman–Crippen MR) is 97.5 cm³/mol. The molecule has 0 spiro atoms. The fourth-order valence-corrected chi connectivity index (χ4v) is 3.46. The fourth-order valence-electron chi connectivity index (χ4n) is 3.46. The number of rotatable bonds is 5. The smallest absolute Gasteiger partial charge is 0.272 e. The average molecular weight is 350 g/mol. The van der Waals surface area contributed by atoms with E-state index in [0.29, 0.717) is 18.2 Å². The van der Waals surface area contributed by atoms with Gasteiger partial charge in [0.15, 0.2) is 0 Å². The van der Waals surface area contributed by atoms with Gasteiger partial charge in [0.1, 0.15) is 11.5 Å². The Kier molecular flexibility index (Phi) is 4.28. The van der Waals surface area contributed by atoms with Crippen LogP contribution in [0, 0.1) is 12.8 Å². The van der Waals surface area contributed by atoms with E-state index < -0.39 is 0 Å². The molecule has 26 heavy (non-hydrogen) atoms. The maximum atomic E-state index is 12.6. The second kappa shape index (κ2) is 6.74. The standard InChI is InChI=1S/C19H22N6O/c1-3-25-17(6-9-22-25)19(26)23-11-15(12-23)13-24-14(2)10-21-18(24)16-4-7-20-8-5-16/h4-10,15H,3,11-13H2,1-2H3. The Morgan fingerprint density at radius 3 is 2.69 bits per heavy atom. The van der Waals surface area contributed by atoms with Crippen molar-refractivity contribution >= 4 is 5.91 Å². The highest BCUT2D eigenvalue weighted by atomic mass is 16.2. The molecule has 1 amide bonds. The summed E-state index contributed by atoms with van der Waals surface area (Å²) in [5.41, 5.74) is 2.86. The van der Waals surface area contributed by atoms with Crippen LogP contribution in [-0.4, -0.2) is 48.2 Å². The molecule has 0 bridgehead atoms. The van der Waals surface area contributed by atoms with Crippen LogP contribution in [0.25, 0.3) is 11.4 Å². The van der Waals surface area contributed by atoms with Crippen molar-refractivity contribution in [3.63, 3.8) is 0 Å². The molecular weight excluding hydrogens is 328 g/mol. The quantitative estimate of drug-likeness (QED) is 0.708. The Bertz CT molecular complexity index is 907. The van der Waals surface area contributed by atoms with Crippen LogP contribution < -0.4 is 0 Å². The van der Waals surface area contributed by atoms with Crippen LogP contribution in [0.4, 0.5) is 0 Å². The number of hydrogen-bond donors (Lipinski definition) is 0. The van der Waals surface area contributed by atoms with Crippen molar-refractivity contribution in [1.82, 2.24) is 29.2 Å². The van der Waals surface area contributed by atoms with E-state index in [1.807, 2.05) is 30.2 Å². The van der Waals surface area contributed by atoms with Crippen molar-refractivity contribution in [3.8, 4) is 11.4 Å². The summed E-state index contributed by atoms with van der Waals surface area (Å²) < 4.78 is 3.98. The third-order valence-electron chi connectivity index (χ3n) is 4.91. The topological polar surface area (TPSA) is 68.8 Å². The summed E-state index contributed by atoms with van der Waals surface area (Å²) in [5.74, 6) is 1.46. The molecule has 0 unspecified atom stereocenters. The van der Waals surface area contributed by atoms with Crippen molar-refractivity contribution in [2.45, 2.75) is 26.9 Å². The minimum Gasteiger partial charge on any atom is -0.336 e. The second-order valence-electron chi connectivity index (χ2n) is 6.68. The van der Waals surface area contributed by atoms with Gasteiger partial charge >= 0.3 is 0 Å². The number of nitrogens with zero attached hydrogens (tertiary/aromatic N) is 6. The van der Waals surface area contributed by atoms with Crippen molar-refractivity contribution in [1.29, 1.82) is 0 Å². The summed E-state index contributed by atoms with van der Waals surface area (Å²) in [6.45, 7) is 7.15. The van der Waals surface area contributed by atoms with Crippen LogP contribution in [-0.2, 0) is 13.1 Å². The molecule has 4 rings (SSSR count). The van der Waals surface area contributed by atoms with Gasteiger partial charge in [-0.3, -0.25) is 14.5 Å². The molecular formula is C19H22N6O. The molecule has 0 radical (unpaired) electrons. The average Bonchev–Trinajstić information content (AvgIpc) is 3.24. The number of amides is 1. The summed E-state index contributed by atoms with van der Waals surface area (Å²) in [6, 6.07) is 5.74. The van der Waals surface area contributed by atoms with Crippen molar-refractivity contribution in [2.75, 3.05) is 13.1 Å². The molecule has 1 aliphatic rings. The van der Waals surface area contributed by atoms with Crippen LogP contribution in [0.5, 0.6) is 0 Å². The largest absolute Gasteiger partial charge is 0.336 e. The summed E-state index contributed by atoms with van der Waals surface area (Å²) in [5, 5.41) is 4.18. The number of carbonyl (C=O) groups excluding carboxylic acids is 1. The second-order valence-corrected chi connectivity index (χ2v) is 6.68. The Hall–Kier alpha value is -2.96. The van der Waals surface area contributed by atoms with Crippen LogP contribution in [0.15, 0.2) is 43.0 Å². The number of imidazole rings is 1. The van der Waals surface area contributed by atoms with Gasteiger partial charge in [-0.15, -0.1) is 0 Å². The van der Waals surface area contributed by atoms with Crippen molar-refractivity contribution in [3.05, 3.63) is 54.4 Å². The zero-order valence-electron chi connectivity index (χ0n) is 15.0. The van der Waals surface area contributed by atoms with E-state index in [9.17, 15) is 4.79 Å². The molecule has 3 aromatic rings. The fraction of sp³-hybridized carbons (Fsp3) is 0.368. The van der Waals surface area contributed by atoms with Gasteiger partial charge in [0.2, 0.25) is 0 Å². The first kappa shape index (κ1) is 16.5. The summed E-state index contributed by atoms with van der Waals surface area (Å²) >= 11 is 0. The highest BCUT2D eigenvalue weighted by molar-refractivity contribution is 5.93. The lowest BCUT2D eigenvalue weighted by Crippen LogP contribution is -2.51. The maximum Gasteiger partial charge on any atom is 0.272 e. The van der Waals surface area contributed by atoms with Crippen LogP contribution in [0.3, 0.4) is 0 Å². The number of carbonyl (C=O) groups is 1. The molecule has 4 heterocycles. The molecule has 1 aliphatic heterocycles. The lowest BCUT2D eigenvalue weighted by atomic mass is 9.99. The van der Waals surface area contributed by atoms with Crippen molar-refractivity contribution < 1.29 is 4.79 Å². The molecule has 0 atom stereocenters. The minimum absolute atomic E-state index is 0.0670. The van der Waals surface area contributed by atoms with Crippen LogP contribution in [0.1, 0.15) is 23.1 Å². The van der Waals surface area contributed by atoms with Gasteiger partial charge in [-0.2, -0.15) is 5.10 Å². The first-order chi connectivity index (χ1) is 12.7. The van der Waals surface area contributed by atoms with Gasteiger partial charge in [0, 0.05) is 68.1 Å². The predicted octanol–water partition coefficient (Wildman–Crippen LogP) is 2.24. The van der Waals surface area contributed by atoms with Crippen molar-refractivity contribution in [2.24, 2.45) is 5.92 Å². The number of aromatic nitrogens is 5. The molecule has 0 saturated carbocycles. The Balaban J connectivity index is 1.44. The zero-order valence-corrected chi connectivity index (χ0v) is 15.0. The molecule has 3 aromatic heterocycles. The summed E-state index contributed by atoms with van der Waals surface area (Å²) in [4.78, 5) is 23.1. The summed E-state index contributed by atoms with van der Waals surface area (Å²) in [7, 11) is 0. The molecule has 1 fully saturated rings. The van der Waals surface area contributed by atoms with E-state index >= 15 is 0 Å². The Labute approximate surface area is 152 Å². The Morgan fingerprint density at radius 1 is 1.19 bits per heavy atom. The lowest BCUT2D eigenvalue weighted by molar-refractivity contribution is 0.0456. The molecule has 7 heteroatoms. The SMILES string of the molecule is CCn1nccc1C(=O)N1CC(Cn2c(C)cnc2-c2ccncc2)C1. The van der Waals surface area contributed by atoms with Gasteiger partial charge < -0.3 is 9.47 Å². The van der Waals surface area contributed by atoms with Gasteiger partial charge in [-0.05, 0) is 32.0 Å². The highest BCUT2D eigenvalue weighted by Crippen LogP contribution is 2.25. The Morgan fingerprint density at radius 2 is 1.96 bits per heavy atom. The lowest BCUT2D eigenvalue weighted by Gasteiger charge is -2.39. The van der Waals surface area contributed by atoms with E-state index in [-0.39, 0.29) is 5.91 Å². The van der Waals surface area contributed by atoms with Gasteiger partial charge in [-0.25, -0.2) is 4.98 Å². The monoisotopic (exact) mass is 350 g/mol. The van der Waals surface area contributed by atoms with Gasteiger partial charge in [0.25, 0.3) is 5.91 Å². The van der Waals surface area contributed by atoms with Crippen LogP contribution in [0.2, 0.25) is 0 Å². The number of likely N-dealkylation sites (tertiary alicyclic amines) is 1. The van der Waals surface area contributed by atoms with Gasteiger partial charge in [-0.1, -0.05) is 0 Å². The first-order valence-corrected chi connectivity index (χ1v) is 8.91. The molecule has 7 nitrogen and oxygen atoms in total. The third kappa shape index (κ3) is 2.89. The molecule has 1 saturated heterocycles. The van der Waals surface area contributed by atoms with E-state index in [1.165, 1.54) is 0 Å². The first-order valence-electron chi connectivity index (χ1n) is 8.91. The number of hydrogen-bond acceptors (Lipinski definition) is 4. The number of aryl methyl sites for hydroxylation is 2. The van der Waals surface area contributed by atoms with E-state index in [2.05, 4.69) is 26.6 Å². The third-order valence-corrected chi connectivity index (χ3v) is 4.91. The molecule has 0 N–H and O–H groups in total. The summed E-state index contributed by atoms with van der Waals surface area (Å²) in [6.07, 6.45) is 7.15. The van der Waals surface area contributed by atoms with Crippen LogP contribution >= 0.6 is 0 Å². The number of pyridine rings is 1.